The van der Waals surface area contributed by atoms with Crippen LogP contribution >= 0.6 is 23.1 Å². The third kappa shape index (κ3) is 2.42. The van der Waals surface area contributed by atoms with Gasteiger partial charge in [0.15, 0.2) is 5.43 Å². The second kappa shape index (κ2) is 5.23. The predicted molar refractivity (Wildman–Crippen MR) is 77.9 cm³/mol. The van der Waals surface area contributed by atoms with Gasteiger partial charge in [-0.15, -0.1) is 23.1 Å². The highest BCUT2D eigenvalue weighted by Crippen LogP contribution is 2.40. The average Bonchev–Trinajstić information content (AvgIpc) is 2.79. The van der Waals surface area contributed by atoms with Crippen LogP contribution in [0.1, 0.15) is 12.5 Å². The average molecular weight is 296 g/mol. The molecule has 0 fully saturated rings. The van der Waals surface area contributed by atoms with Crippen LogP contribution in [0.4, 0.5) is 4.39 Å². The molecule has 1 aromatic heterocycles. The molecule has 0 saturated carbocycles. The second-order valence-corrected chi connectivity index (χ2v) is 7.06. The van der Waals surface area contributed by atoms with E-state index in [1.54, 1.807) is 17.8 Å². The van der Waals surface area contributed by atoms with Gasteiger partial charge in [0.1, 0.15) is 5.82 Å². The first kappa shape index (κ1) is 13.1. The molecule has 0 bridgehead atoms. The Balaban J connectivity index is 2.03. The van der Waals surface area contributed by atoms with E-state index in [2.05, 4.69) is 0 Å². The molecule has 100 valence electrons. The third-order valence-corrected chi connectivity index (χ3v) is 5.75. The molecule has 1 aliphatic rings. The van der Waals surface area contributed by atoms with Crippen LogP contribution in [0, 0.1) is 5.82 Å². The fourth-order valence-electron chi connectivity index (χ4n) is 2.22. The van der Waals surface area contributed by atoms with Crippen molar-refractivity contribution in [3.8, 4) is 0 Å². The van der Waals surface area contributed by atoms with Crippen LogP contribution in [0.5, 0.6) is 0 Å². The van der Waals surface area contributed by atoms with Crippen LogP contribution in [0.15, 0.2) is 27.2 Å². The molecule has 1 aromatic carbocycles. The summed E-state index contributed by atoms with van der Waals surface area (Å²) >= 11 is 3.19. The van der Waals surface area contributed by atoms with Gasteiger partial charge in [0.05, 0.1) is 10.8 Å². The highest BCUT2D eigenvalue weighted by atomic mass is 32.2. The molecular weight excluding hydrogens is 283 g/mol. The molecule has 2 nitrogen and oxygen atoms in total. The van der Waals surface area contributed by atoms with Crippen molar-refractivity contribution in [2.24, 2.45) is 0 Å². The lowest BCUT2D eigenvalue weighted by Crippen LogP contribution is -2.14. The summed E-state index contributed by atoms with van der Waals surface area (Å²) in [6.45, 7) is 3.31. The van der Waals surface area contributed by atoms with Gasteiger partial charge in [-0.1, -0.05) is 0 Å². The van der Waals surface area contributed by atoms with Crippen molar-refractivity contribution in [1.29, 1.82) is 0 Å². The predicted octanol–water partition coefficient (Wildman–Crippen LogP) is 3.45. The molecule has 0 radical (unpaired) electrons. The van der Waals surface area contributed by atoms with E-state index in [-0.39, 0.29) is 11.2 Å². The molecule has 0 spiro atoms. The van der Waals surface area contributed by atoms with Crippen LogP contribution in [0.25, 0.3) is 10.1 Å². The van der Waals surface area contributed by atoms with Crippen LogP contribution < -0.4 is 5.43 Å². The maximum Gasteiger partial charge on any atom is 0.192 e. The van der Waals surface area contributed by atoms with Crippen molar-refractivity contribution < 1.29 is 9.13 Å². The Morgan fingerprint density at radius 3 is 3.11 bits per heavy atom. The Bertz CT molecular complexity index is 681. The summed E-state index contributed by atoms with van der Waals surface area (Å²) in [5, 5.41) is 0.934. The molecule has 1 atom stereocenters. The van der Waals surface area contributed by atoms with Crippen LogP contribution in [0.2, 0.25) is 0 Å². The van der Waals surface area contributed by atoms with E-state index in [4.69, 9.17) is 4.74 Å². The van der Waals surface area contributed by atoms with E-state index < -0.39 is 0 Å². The number of halogens is 1. The van der Waals surface area contributed by atoms with Crippen molar-refractivity contribution in [1.82, 2.24) is 0 Å². The molecule has 1 aliphatic heterocycles. The van der Waals surface area contributed by atoms with Gasteiger partial charge < -0.3 is 4.74 Å². The summed E-state index contributed by atoms with van der Waals surface area (Å²) in [4.78, 5) is 12.4. The summed E-state index contributed by atoms with van der Waals surface area (Å²) < 4.78 is 20.4. The molecule has 5 heteroatoms. The third-order valence-electron chi connectivity index (χ3n) is 3.12. The quantitative estimate of drug-likeness (QED) is 0.867. The molecule has 2 aromatic rings. The molecule has 0 N–H and O–H groups in total. The lowest BCUT2D eigenvalue weighted by molar-refractivity contribution is 0.149. The number of rotatable bonds is 3. The minimum atomic E-state index is -0.294. The molecule has 0 amide bonds. The number of fused-ring (bicyclic) bond motifs is 2. The van der Waals surface area contributed by atoms with Gasteiger partial charge in [-0.25, -0.2) is 4.39 Å². The van der Waals surface area contributed by atoms with Gasteiger partial charge in [-0.2, -0.15) is 0 Å². The SMILES string of the molecule is CCOCC1Cc2c(sc3cc(F)ccc3c2=O)S1. The van der Waals surface area contributed by atoms with E-state index in [1.165, 1.54) is 23.5 Å². The fourth-order valence-corrected chi connectivity index (χ4v) is 5.07. The molecule has 1 unspecified atom stereocenters. The van der Waals surface area contributed by atoms with Crippen LogP contribution in [-0.4, -0.2) is 18.5 Å². The number of thioether (sulfide) groups is 1. The highest BCUT2D eigenvalue weighted by molar-refractivity contribution is 8.02. The normalized spacial score (nSPS) is 17.9. The molecular formula is C14H13FO2S2. The Morgan fingerprint density at radius 2 is 2.32 bits per heavy atom. The minimum absolute atomic E-state index is 0.0512. The molecule has 0 aliphatic carbocycles. The second-order valence-electron chi connectivity index (χ2n) is 4.44. The lowest BCUT2D eigenvalue weighted by Gasteiger charge is -2.06. The van der Waals surface area contributed by atoms with Crippen molar-refractivity contribution in [2.45, 2.75) is 22.8 Å². The maximum atomic E-state index is 13.2. The van der Waals surface area contributed by atoms with Crippen molar-refractivity contribution in [3.05, 3.63) is 39.8 Å². The van der Waals surface area contributed by atoms with Crippen molar-refractivity contribution in [2.75, 3.05) is 13.2 Å². The Kier molecular flexibility index (Phi) is 3.60. The Hall–Kier alpha value is -0.910. The maximum absolute atomic E-state index is 13.2. The smallest absolute Gasteiger partial charge is 0.192 e. The zero-order valence-electron chi connectivity index (χ0n) is 10.4. The lowest BCUT2D eigenvalue weighted by atomic mass is 10.1. The van der Waals surface area contributed by atoms with Crippen molar-refractivity contribution in [3.63, 3.8) is 0 Å². The molecule has 3 rings (SSSR count). The highest BCUT2D eigenvalue weighted by Gasteiger charge is 2.26. The standard InChI is InChI=1S/C14H13FO2S2/c1-2-17-7-9-6-11-13(16)10-4-3-8(15)5-12(10)19-14(11)18-9/h3-5,9H,2,6-7H2,1H3. The topological polar surface area (TPSA) is 26.3 Å². The van der Waals surface area contributed by atoms with Crippen LogP contribution in [0.3, 0.4) is 0 Å². The molecule has 2 heterocycles. The van der Waals surface area contributed by atoms with Gasteiger partial charge in [0, 0.05) is 27.5 Å². The summed E-state index contributed by atoms with van der Waals surface area (Å²) in [5.41, 5.74) is 0.925. The van der Waals surface area contributed by atoms with E-state index in [0.29, 0.717) is 23.8 Å². The fraction of sp³-hybridized carbons (Fsp3) is 0.357. The first-order chi connectivity index (χ1) is 9.19. The molecule has 0 saturated heterocycles. The molecule has 19 heavy (non-hydrogen) atoms. The van der Waals surface area contributed by atoms with E-state index >= 15 is 0 Å². The minimum Gasteiger partial charge on any atom is -0.381 e. The van der Waals surface area contributed by atoms with Gasteiger partial charge in [-0.3, -0.25) is 4.79 Å². The first-order valence-corrected chi connectivity index (χ1v) is 7.88. The van der Waals surface area contributed by atoms with Crippen LogP contribution in [-0.2, 0) is 11.2 Å². The monoisotopic (exact) mass is 296 g/mol. The Morgan fingerprint density at radius 1 is 1.47 bits per heavy atom. The van der Waals surface area contributed by atoms with E-state index in [9.17, 15) is 9.18 Å². The van der Waals surface area contributed by atoms with E-state index in [1.807, 2.05) is 6.92 Å². The van der Waals surface area contributed by atoms with Gasteiger partial charge in [0.2, 0.25) is 0 Å². The van der Waals surface area contributed by atoms with Crippen molar-refractivity contribution >= 4 is 33.2 Å². The van der Waals surface area contributed by atoms with Gasteiger partial charge in [0.25, 0.3) is 0 Å². The zero-order valence-corrected chi connectivity index (χ0v) is 12.1. The van der Waals surface area contributed by atoms with E-state index in [0.717, 1.165) is 20.9 Å². The number of hydrogen-bond acceptors (Lipinski definition) is 4. The van der Waals surface area contributed by atoms with Gasteiger partial charge in [-0.05, 0) is 31.5 Å². The van der Waals surface area contributed by atoms with Gasteiger partial charge >= 0.3 is 0 Å². The first-order valence-electron chi connectivity index (χ1n) is 6.18. The number of benzene rings is 1. The summed E-state index contributed by atoms with van der Waals surface area (Å²) in [6.07, 6.45) is 0.753. The summed E-state index contributed by atoms with van der Waals surface area (Å²) in [5.74, 6) is -0.294. The summed E-state index contributed by atoms with van der Waals surface area (Å²) in [6, 6.07) is 4.38. The summed E-state index contributed by atoms with van der Waals surface area (Å²) in [7, 11) is 0. The largest absolute Gasteiger partial charge is 0.381 e. The number of hydrogen-bond donors (Lipinski definition) is 0. The zero-order chi connectivity index (χ0) is 13.4. The Labute approximate surface area is 118 Å². The number of ether oxygens (including phenoxy) is 1.